The first kappa shape index (κ1) is 17.9. The molecule has 1 aliphatic heterocycles. The molecular weight excluding hydrogens is 362 g/mol. The zero-order valence-corrected chi connectivity index (χ0v) is 13.6. The largest absolute Gasteiger partial charge is 0.471 e. The zero-order chi connectivity index (χ0) is 18.2. The molecule has 1 aliphatic carbocycles. The fourth-order valence-corrected chi connectivity index (χ4v) is 3.34. The van der Waals surface area contributed by atoms with E-state index in [1.54, 1.807) is 0 Å². The molecule has 0 aromatic heterocycles. The number of carbonyl (C=O) groups is 1. The number of nitrogens with one attached hydrogen (secondary N) is 1. The number of alkyl halides is 3. The van der Waals surface area contributed by atoms with Gasteiger partial charge in [-0.3, -0.25) is 20.0 Å². The number of allylic oxidation sites excluding steroid dienone is 1. The second kappa shape index (κ2) is 6.42. The molecule has 1 N–H and O–H groups in total. The summed E-state index contributed by atoms with van der Waals surface area (Å²) >= 11 is 6.12. The van der Waals surface area contributed by atoms with Crippen LogP contribution in [-0.2, 0) is 10.3 Å². The van der Waals surface area contributed by atoms with Crippen molar-refractivity contribution in [2.24, 2.45) is 4.99 Å². The van der Waals surface area contributed by atoms with Gasteiger partial charge < -0.3 is 0 Å². The number of aliphatic imine (C=N–C) groups is 1. The smallest absolute Gasteiger partial charge is 0.275 e. The van der Waals surface area contributed by atoms with Crippen molar-refractivity contribution in [2.45, 2.75) is 37.3 Å². The van der Waals surface area contributed by atoms with Crippen LogP contribution >= 0.6 is 11.6 Å². The minimum atomic E-state index is -5.02. The molecule has 1 unspecified atom stereocenters. The molecule has 4 nitrogen and oxygen atoms in total. The number of nitrogens with zero attached hydrogens (tertiary/aromatic N) is 2. The first-order chi connectivity index (χ1) is 11.7. The van der Waals surface area contributed by atoms with Gasteiger partial charge in [-0.1, -0.05) is 17.7 Å². The van der Waals surface area contributed by atoms with Crippen LogP contribution < -0.4 is 5.32 Å². The van der Waals surface area contributed by atoms with Gasteiger partial charge in [-0.2, -0.15) is 13.2 Å². The normalized spacial score (nSPS) is 22.0. The highest BCUT2D eigenvalue weighted by Gasteiger charge is 2.48. The number of hydrogen-bond acceptors (Lipinski definition) is 3. The molecule has 9 heteroatoms. The van der Waals surface area contributed by atoms with E-state index in [0.717, 1.165) is 18.7 Å². The molecular formula is C16H14ClF4N3O. The molecule has 1 aromatic carbocycles. The Morgan fingerprint density at radius 3 is 2.64 bits per heavy atom. The van der Waals surface area contributed by atoms with Crippen LogP contribution in [-0.4, -0.2) is 29.5 Å². The second-order valence-corrected chi connectivity index (χ2v) is 6.33. The van der Waals surface area contributed by atoms with E-state index >= 15 is 0 Å². The highest BCUT2D eigenvalue weighted by atomic mass is 35.5. The van der Waals surface area contributed by atoms with E-state index in [-0.39, 0.29) is 5.02 Å². The first-order valence-corrected chi connectivity index (χ1v) is 7.93. The number of halogens is 5. The van der Waals surface area contributed by atoms with Gasteiger partial charge in [0.1, 0.15) is 5.82 Å². The topological polar surface area (TPSA) is 44.7 Å². The Morgan fingerprint density at radius 1 is 1.36 bits per heavy atom. The SMILES string of the molecule is O=C(N1C=CC=NC1NC1(c2ccc(F)cc2Cl)CCC1)C(F)(F)F. The maximum atomic E-state index is 13.3. The van der Waals surface area contributed by atoms with Gasteiger partial charge in [0.05, 0.1) is 0 Å². The summed E-state index contributed by atoms with van der Waals surface area (Å²) in [5, 5.41) is 3.17. The van der Waals surface area contributed by atoms with Gasteiger partial charge in [-0.15, -0.1) is 0 Å². The van der Waals surface area contributed by atoms with Crippen molar-refractivity contribution in [2.75, 3.05) is 0 Å². The van der Waals surface area contributed by atoms with Crippen molar-refractivity contribution in [3.05, 3.63) is 46.9 Å². The number of amides is 1. The van der Waals surface area contributed by atoms with Crippen LogP contribution in [0, 0.1) is 5.82 Å². The Kier molecular flexibility index (Phi) is 4.59. The average molecular weight is 376 g/mol. The van der Waals surface area contributed by atoms with Gasteiger partial charge >= 0.3 is 12.1 Å². The summed E-state index contributed by atoms with van der Waals surface area (Å²) in [6.07, 6.45) is -0.655. The maximum Gasteiger partial charge on any atom is 0.471 e. The molecule has 25 heavy (non-hydrogen) atoms. The van der Waals surface area contributed by atoms with E-state index in [4.69, 9.17) is 11.6 Å². The van der Waals surface area contributed by atoms with Crippen LogP contribution in [0.3, 0.4) is 0 Å². The van der Waals surface area contributed by atoms with Crippen LogP contribution in [0.5, 0.6) is 0 Å². The minimum absolute atomic E-state index is 0.177. The van der Waals surface area contributed by atoms with Gasteiger partial charge in [0, 0.05) is 23.0 Å². The Bertz CT molecular complexity index is 743. The van der Waals surface area contributed by atoms with Crippen LogP contribution in [0.15, 0.2) is 35.5 Å². The molecule has 3 rings (SSSR count). The predicted octanol–water partition coefficient (Wildman–Crippen LogP) is 3.72. The third-order valence-electron chi connectivity index (χ3n) is 4.36. The van der Waals surface area contributed by atoms with E-state index < -0.39 is 29.7 Å². The number of benzene rings is 1. The van der Waals surface area contributed by atoms with Gasteiger partial charge in [-0.05, 0) is 43.0 Å². The molecule has 1 heterocycles. The van der Waals surface area contributed by atoms with Crippen LogP contribution in [0.1, 0.15) is 24.8 Å². The highest BCUT2D eigenvalue weighted by Crippen LogP contribution is 2.45. The lowest BCUT2D eigenvalue weighted by atomic mass is 9.71. The minimum Gasteiger partial charge on any atom is -0.275 e. The lowest BCUT2D eigenvalue weighted by molar-refractivity contribution is -0.185. The Labute approximate surface area is 146 Å². The molecule has 1 saturated carbocycles. The summed E-state index contributed by atoms with van der Waals surface area (Å²) in [6.45, 7) is 0. The lowest BCUT2D eigenvalue weighted by Gasteiger charge is -2.47. The van der Waals surface area contributed by atoms with Gasteiger partial charge in [0.25, 0.3) is 0 Å². The van der Waals surface area contributed by atoms with Crippen molar-refractivity contribution < 1.29 is 22.4 Å². The van der Waals surface area contributed by atoms with Gasteiger partial charge in [0.2, 0.25) is 0 Å². The van der Waals surface area contributed by atoms with Gasteiger partial charge in [-0.25, -0.2) is 4.39 Å². The third-order valence-corrected chi connectivity index (χ3v) is 4.67. The highest BCUT2D eigenvalue weighted by molar-refractivity contribution is 6.31. The maximum absolute atomic E-state index is 13.3. The zero-order valence-electron chi connectivity index (χ0n) is 12.9. The Morgan fingerprint density at radius 2 is 2.08 bits per heavy atom. The van der Waals surface area contributed by atoms with Crippen molar-refractivity contribution in [3.8, 4) is 0 Å². The van der Waals surface area contributed by atoms with Crippen LogP contribution in [0.4, 0.5) is 17.6 Å². The van der Waals surface area contributed by atoms with Crippen molar-refractivity contribution in [1.29, 1.82) is 0 Å². The monoisotopic (exact) mass is 375 g/mol. The fraction of sp³-hybridized carbons (Fsp3) is 0.375. The summed E-state index contributed by atoms with van der Waals surface area (Å²) in [7, 11) is 0. The summed E-state index contributed by atoms with van der Waals surface area (Å²) in [5.41, 5.74) is -0.187. The predicted molar refractivity (Wildman–Crippen MR) is 84.4 cm³/mol. The second-order valence-electron chi connectivity index (χ2n) is 5.93. The Hall–Kier alpha value is -1.93. The molecule has 1 aromatic rings. The summed E-state index contributed by atoms with van der Waals surface area (Å²) in [5.74, 6) is -2.52. The number of rotatable bonds is 3. The molecule has 0 spiro atoms. The molecule has 1 atom stereocenters. The van der Waals surface area contributed by atoms with Crippen molar-refractivity contribution in [1.82, 2.24) is 10.2 Å². The van der Waals surface area contributed by atoms with E-state index in [1.807, 2.05) is 0 Å². The van der Waals surface area contributed by atoms with Crippen LogP contribution in [0.25, 0.3) is 0 Å². The Balaban J connectivity index is 1.89. The lowest BCUT2D eigenvalue weighted by Crippen LogP contribution is -2.59. The average Bonchev–Trinajstić information content (AvgIpc) is 2.50. The van der Waals surface area contributed by atoms with E-state index in [0.29, 0.717) is 23.3 Å². The van der Waals surface area contributed by atoms with Gasteiger partial charge in [0.15, 0.2) is 6.29 Å². The molecule has 1 fully saturated rings. The first-order valence-electron chi connectivity index (χ1n) is 7.56. The number of hydrogen-bond donors (Lipinski definition) is 1. The van der Waals surface area contributed by atoms with Crippen molar-refractivity contribution in [3.63, 3.8) is 0 Å². The van der Waals surface area contributed by atoms with Crippen LogP contribution in [0.2, 0.25) is 5.02 Å². The molecule has 2 aliphatic rings. The van der Waals surface area contributed by atoms with E-state index in [9.17, 15) is 22.4 Å². The number of carbonyl (C=O) groups excluding carboxylic acids is 1. The molecule has 0 bridgehead atoms. The van der Waals surface area contributed by atoms with E-state index in [1.165, 1.54) is 24.4 Å². The van der Waals surface area contributed by atoms with Crippen molar-refractivity contribution >= 4 is 23.7 Å². The van der Waals surface area contributed by atoms with E-state index in [2.05, 4.69) is 10.3 Å². The summed E-state index contributed by atoms with van der Waals surface area (Å²) in [6, 6.07) is 3.90. The quantitative estimate of drug-likeness (QED) is 0.818. The standard InChI is InChI=1S/C16H14ClF4N3O/c17-12-9-10(18)3-4-11(12)15(5-1-6-15)23-14-22-7-2-8-24(14)13(25)16(19,20)21/h2-4,7-9,14,23H,1,5-6H2. The molecule has 0 radical (unpaired) electrons. The third kappa shape index (κ3) is 3.41. The fourth-order valence-electron chi connectivity index (χ4n) is 2.99. The summed E-state index contributed by atoms with van der Waals surface area (Å²) < 4.78 is 51.7. The summed E-state index contributed by atoms with van der Waals surface area (Å²) in [4.78, 5) is 16.1. The molecule has 134 valence electrons. The molecule has 0 saturated heterocycles. The molecule has 1 amide bonds.